The summed E-state index contributed by atoms with van der Waals surface area (Å²) in [5, 5.41) is 14.2. The normalized spacial score (nSPS) is 37.6. The molecule has 1 aliphatic heterocycles. The van der Waals surface area contributed by atoms with Gasteiger partial charge in [-0.25, -0.2) is 0 Å². The molecule has 2 heteroatoms. The van der Waals surface area contributed by atoms with Crippen LogP contribution >= 0.6 is 0 Å². The van der Waals surface area contributed by atoms with Crippen molar-refractivity contribution in [2.24, 2.45) is 11.8 Å². The van der Waals surface area contributed by atoms with Crippen molar-refractivity contribution in [2.45, 2.75) is 25.4 Å². The van der Waals surface area contributed by atoms with Gasteiger partial charge in [0.15, 0.2) is 0 Å². The highest BCUT2D eigenvalue weighted by Gasteiger charge is 2.47. The third kappa shape index (κ3) is 1.48. The van der Waals surface area contributed by atoms with E-state index in [0.717, 1.165) is 31.5 Å². The number of hydrogen-bond donors (Lipinski definition) is 2. The summed E-state index contributed by atoms with van der Waals surface area (Å²) in [7, 11) is 0. The lowest BCUT2D eigenvalue weighted by Crippen LogP contribution is -2.26. The summed E-state index contributed by atoms with van der Waals surface area (Å²) < 4.78 is 0. The van der Waals surface area contributed by atoms with Gasteiger partial charge >= 0.3 is 0 Å². The van der Waals surface area contributed by atoms with Gasteiger partial charge in [-0.3, -0.25) is 0 Å². The molecule has 0 spiro atoms. The quantitative estimate of drug-likeness (QED) is 0.752. The Balaban J connectivity index is 1.93. The Kier molecular flexibility index (Phi) is 2.30. The maximum absolute atomic E-state index is 10.8. The third-order valence-corrected chi connectivity index (χ3v) is 4.33. The van der Waals surface area contributed by atoms with E-state index in [1.165, 1.54) is 5.56 Å². The molecule has 3 atom stereocenters. The van der Waals surface area contributed by atoms with Crippen molar-refractivity contribution < 1.29 is 5.11 Å². The number of rotatable bonds is 1. The lowest BCUT2D eigenvalue weighted by Gasteiger charge is -2.26. The van der Waals surface area contributed by atoms with Gasteiger partial charge in [0.2, 0.25) is 0 Å². The van der Waals surface area contributed by atoms with E-state index in [1.807, 2.05) is 12.1 Å². The van der Waals surface area contributed by atoms with Crippen molar-refractivity contribution in [3.63, 3.8) is 0 Å². The molecule has 0 amide bonds. The maximum Gasteiger partial charge on any atom is 0.0905 e. The lowest BCUT2D eigenvalue weighted by molar-refractivity contribution is 0.0352. The fourth-order valence-corrected chi connectivity index (χ4v) is 3.53. The molecule has 1 heterocycles. The van der Waals surface area contributed by atoms with Gasteiger partial charge in [-0.2, -0.15) is 0 Å². The average molecular weight is 217 g/mol. The molecule has 16 heavy (non-hydrogen) atoms. The van der Waals surface area contributed by atoms with Crippen molar-refractivity contribution in [3.05, 3.63) is 35.4 Å². The number of hydrogen-bond acceptors (Lipinski definition) is 2. The van der Waals surface area contributed by atoms with Gasteiger partial charge in [0.25, 0.3) is 0 Å². The van der Waals surface area contributed by atoms with Crippen molar-refractivity contribution in [3.8, 4) is 0 Å². The summed E-state index contributed by atoms with van der Waals surface area (Å²) >= 11 is 0. The van der Waals surface area contributed by atoms with Gasteiger partial charge in [0.1, 0.15) is 0 Å². The second-order valence-corrected chi connectivity index (χ2v) is 5.43. The maximum atomic E-state index is 10.8. The van der Waals surface area contributed by atoms with Crippen LogP contribution in [-0.2, 0) is 5.60 Å². The predicted octanol–water partition coefficient (Wildman–Crippen LogP) is 1.81. The molecule has 3 rings (SSSR count). The van der Waals surface area contributed by atoms with E-state index in [4.69, 9.17) is 0 Å². The van der Waals surface area contributed by atoms with Crippen molar-refractivity contribution >= 4 is 0 Å². The molecule has 2 aliphatic rings. The minimum Gasteiger partial charge on any atom is -0.385 e. The SMILES string of the molecule is Cc1ccccc1C1(O)CC2CNC[C@@H]2C1. The first-order valence-corrected chi connectivity index (χ1v) is 6.18. The lowest BCUT2D eigenvalue weighted by atomic mass is 9.87. The first-order chi connectivity index (χ1) is 7.69. The van der Waals surface area contributed by atoms with Gasteiger partial charge < -0.3 is 10.4 Å². The monoisotopic (exact) mass is 217 g/mol. The van der Waals surface area contributed by atoms with Crippen LogP contribution in [0.15, 0.2) is 24.3 Å². The third-order valence-electron chi connectivity index (χ3n) is 4.33. The van der Waals surface area contributed by atoms with Gasteiger partial charge in [-0.1, -0.05) is 24.3 Å². The number of fused-ring (bicyclic) bond motifs is 1. The molecule has 1 saturated heterocycles. The van der Waals surface area contributed by atoms with E-state index in [0.29, 0.717) is 11.8 Å². The van der Waals surface area contributed by atoms with Crippen LogP contribution in [0.3, 0.4) is 0 Å². The van der Waals surface area contributed by atoms with E-state index in [1.54, 1.807) is 0 Å². The zero-order chi connectivity index (χ0) is 11.2. The summed E-state index contributed by atoms with van der Waals surface area (Å²) in [4.78, 5) is 0. The zero-order valence-electron chi connectivity index (χ0n) is 9.74. The molecule has 2 fully saturated rings. The fraction of sp³-hybridized carbons (Fsp3) is 0.571. The first-order valence-electron chi connectivity index (χ1n) is 6.18. The molecule has 86 valence electrons. The van der Waals surface area contributed by atoms with Gasteiger partial charge in [-0.05, 0) is 55.8 Å². The fourth-order valence-electron chi connectivity index (χ4n) is 3.53. The Morgan fingerprint density at radius 1 is 1.19 bits per heavy atom. The second kappa shape index (κ2) is 3.57. The van der Waals surface area contributed by atoms with E-state index in [-0.39, 0.29) is 0 Å². The van der Waals surface area contributed by atoms with Crippen LogP contribution in [0.2, 0.25) is 0 Å². The minimum absolute atomic E-state index is 0.567. The van der Waals surface area contributed by atoms with Crippen LogP contribution in [0.4, 0.5) is 0 Å². The summed E-state index contributed by atoms with van der Waals surface area (Å²) in [5.74, 6) is 1.34. The highest BCUT2D eigenvalue weighted by molar-refractivity contribution is 5.32. The van der Waals surface area contributed by atoms with Gasteiger partial charge in [0, 0.05) is 0 Å². The molecular weight excluding hydrogens is 198 g/mol. The second-order valence-electron chi connectivity index (χ2n) is 5.43. The van der Waals surface area contributed by atoms with Gasteiger partial charge in [0.05, 0.1) is 5.60 Å². The van der Waals surface area contributed by atoms with Crippen LogP contribution in [0, 0.1) is 18.8 Å². The highest BCUT2D eigenvalue weighted by Crippen LogP contribution is 2.47. The minimum atomic E-state index is -0.567. The molecule has 1 aliphatic carbocycles. The molecule has 2 unspecified atom stereocenters. The van der Waals surface area contributed by atoms with Crippen LogP contribution in [0.5, 0.6) is 0 Å². The average Bonchev–Trinajstić information content (AvgIpc) is 2.76. The van der Waals surface area contributed by atoms with Gasteiger partial charge in [-0.15, -0.1) is 0 Å². The van der Waals surface area contributed by atoms with E-state index >= 15 is 0 Å². The van der Waals surface area contributed by atoms with Crippen molar-refractivity contribution in [1.82, 2.24) is 5.32 Å². The smallest absolute Gasteiger partial charge is 0.0905 e. The number of aryl methyl sites for hydroxylation is 1. The molecule has 2 N–H and O–H groups in total. The molecule has 0 bridgehead atoms. The summed E-state index contributed by atoms with van der Waals surface area (Å²) in [6, 6.07) is 8.26. The van der Waals surface area contributed by atoms with E-state index in [2.05, 4.69) is 24.4 Å². The highest BCUT2D eigenvalue weighted by atomic mass is 16.3. The standard InChI is InChI=1S/C14H19NO/c1-10-4-2-3-5-13(10)14(16)6-11-8-15-9-12(11)7-14/h2-5,11-12,15-16H,6-9H2,1H3/t11-,12?,14?/m0/s1. The van der Waals surface area contributed by atoms with E-state index in [9.17, 15) is 5.11 Å². The van der Waals surface area contributed by atoms with Crippen LogP contribution in [0.25, 0.3) is 0 Å². The Hall–Kier alpha value is -0.860. The zero-order valence-corrected chi connectivity index (χ0v) is 9.74. The summed E-state index contributed by atoms with van der Waals surface area (Å²) in [5.41, 5.74) is 1.80. The Bertz CT molecular complexity index is 389. The summed E-state index contributed by atoms with van der Waals surface area (Å²) in [6.45, 7) is 4.26. The largest absolute Gasteiger partial charge is 0.385 e. The molecule has 1 aromatic rings. The summed E-state index contributed by atoms with van der Waals surface area (Å²) in [6.07, 6.45) is 1.85. The molecule has 2 nitrogen and oxygen atoms in total. The molecule has 0 radical (unpaired) electrons. The van der Waals surface area contributed by atoms with Crippen LogP contribution < -0.4 is 5.32 Å². The number of nitrogens with one attached hydrogen (secondary N) is 1. The Morgan fingerprint density at radius 3 is 2.44 bits per heavy atom. The Morgan fingerprint density at radius 2 is 1.81 bits per heavy atom. The molecule has 1 aromatic carbocycles. The molecule has 1 saturated carbocycles. The predicted molar refractivity (Wildman–Crippen MR) is 64.2 cm³/mol. The number of benzene rings is 1. The van der Waals surface area contributed by atoms with Crippen LogP contribution in [0.1, 0.15) is 24.0 Å². The van der Waals surface area contributed by atoms with Crippen LogP contribution in [-0.4, -0.2) is 18.2 Å². The van der Waals surface area contributed by atoms with Crippen molar-refractivity contribution in [2.75, 3.05) is 13.1 Å². The van der Waals surface area contributed by atoms with Crippen molar-refractivity contribution in [1.29, 1.82) is 0 Å². The topological polar surface area (TPSA) is 32.3 Å². The van der Waals surface area contributed by atoms with E-state index < -0.39 is 5.60 Å². The molecular formula is C14H19NO. The number of aliphatic hydroxyl groups is 1. The molecule has 0 aromatic heterocycles. The first kappa shape index (κ1) is 10.3. The Labute approximate surface area is 96.7 Å².